The summed E-state index contributed by atoms with van der Waals surface area (Å²) in [4.78, 5) is 45.5. The zero-order valence-corrected chi connectivity index (χ0v) is 25.6. The number of hydrogen-bond donors (Lipinski definition) is 2. The number of amides is 1. The number of aromatic nitrogens is 1. The van der Waals surface area contributed by atoms with Crippen molar-refractivity contribution in [2.75, 3.05) is 44.7 Å². The summed E-state index contributed by atoms with van der Waals surface area (Å²) in [5, 5.41) is 3.99. The van der Waals surface area contributed by atoms with Crippen LogP contribution in [0.4, 0.5) is 10.1 Å². The molecule has 1 aliphatic heterocycles. The van der Waals surface area contributed by atoms with Crippen LogP contribution in [0.1, 0.15) is 40.7 Å². The highest BCUT2D eigenvalue weighted by Gasteiger charge is 2.54. The van der Waals surface area contributed by atoms with Crippen molar-refractivity contribution in [3.63, 3.8) is 0 Å². The third kappa shape index (κ3) is 7.24. The van der Waals surface area contributed by atoms with E-state index in [4.69, 9.17) is 15.2 Å². The van der Waals surface area contributed by atoms with E-state index in [1.807, 2.05) is 18.2 Å². The van der Waals surface area contributed by atoms with Crippen molar-refractivity contribution in [1.29, 1.82) is 0 Å². The van der Waals surface area contributed by atoms with E-state index in [2.05, 4.69) is 15.2 Å². The van der Waals surface area contributed by atoms with Crippen LogP contribution in [0.15, 0.2) is 72.9 Å². The Hall–Kier alpha value is -4.67. The summed E-state index contributed by atoms with van der Waals surface area (Å²) in [6.07, 6.45) is 3.89. The molecule has 1 aromatic heterocycles. The summed E-state index contributed by atoms with van der Waals surface area (Å²) in [6.45, 7) is 4.99. The Morgan fingerprint density at radius 1 is 0.935 bits per heavy atom. The number of morpholine rings is 1. The number of ether oxygens (including phenoxy) is 2. The van der Waals surface area contributed by atoms with Gasteiger partial charge in [0.1, 0.15) is 17.3 Å². The number of Topliss-reactive ketones (excluding diaryl/α,β-unsaturated/α-hetero) is 2. The van der Waals surface area contributed by atoms with Crippen LogP contribution in [0.25, 0.3) is 10.9 Å². The summed E-state index contributed by atoms with van der Waals surface area (Å²) < 4.78 is 24.8. The minimum Gasteiger partial charge on any atom is -0.457 e. The van der Waals surface area contributed by atoms with Gasteiger partial charge >= 0.3 is 0 Å². The summed E-state index contributed by atoms with van der Waals surface area (Å²) >= 11 is 0. The predicted octanol–water partition coefficient (Wildman–Crippen LogP) is 5.10. The SMILES string of the molecule is NC(=O)c1cc2c(Oc3ccc(CC(=O)C4(C(=O)Cc5ccc(F)cc5)CC4)cc3)ccnc2cc1NCCCN1CCOCC1. The zero-order chi connectivity index (χ0) is 32.1. The standard InChI is InChI=1S/C36H37FN4O5/c37-26-6-2-24(3-7-26)20-33(42)36(11-12-36)34(43)21-25-4-8-27(9-5-25)46-32-10-14-40-30-23-31(29(35(38)44)22-28(30)32)39-13-1-15-41-16-18-45-19-17-41/h2-10,14,22-23,39H,1,11-13,15-21H2,(H2,38,44). The normalized spacial score (nSPS) is 15.8. The Labute approximate surface area is 266 Å². The molecular formula is C36H37FN4O5. The molecule has 0 unspecified atom stereocenters. The molecule has 3 aromatic carbocycles. The molecule has 3 N–H and O–H groups in total. The van der Waals surface area contributed by atoms with E-state index in [1.54, 1.807) is 42.6 Å². The van der Waals surface area contributed by atoms with E-state index < -0.39 is 11.3 Å². The number of ketones is 2. The number of anilines is 1. The van der Waals surface area contributed by atoms with Crippen LogP contribution in [0.3, 0.4) is 0 Å². The molecule has 4 aromatic rings. The Morgan fingerprint density at radius 3 is 2.22 bits per heavy atom. The lowest BCUT2D eigenvalue weighted by molar-refractivity contribution is -0.133. The molecule has 2 aliphatic rings. The quantitative estimate of drug-likeness (QED) is 0.147. The van der Waals surface area contributed by atoms with Gasteiger partial charge in [0.05, 0.1) is 29.7 Å². The molecule has 2 fully saturated rings. The number of benzene rings is 3. The maximum Gasteiger partial charge on any atom is 0.250 e. The van der Waals surface area contributed by atoms with Crippen LogP contribution < -0.4 is 15.8 Å². The highest BCUT2D eigenvalue weighted by Crippen LogP contribution is 2.49. The summed E-state index contributed by atoms with van der Waals surface area (Å²) in [6, 6.07) is 18.2. The van der Waals surface area contributed by atoms with Gasteiger partial charge in [-0.3, -0.25) is 24.3 Å². The first-order valence-electron chi connectivity index (χ1n) is 15.7. The molecule has 10 heteroatoms. The molecule has 2 heterocycles. The number of carbonyl (C=O) groups is 3. The smallest absolute Gasteiger partial charge is 0.250 e. The van der Waals surface area contributed by atoms with Crippen LogP contribution in [0.5, 0.6) is 11.5 Å². The minimum atomic E-state index is -0.950. The average molecular weight is 625 g/mol. The maximum absolute atomic E-state index is 13.2. The van der Waals surface area contributed by atoms with Crippen LogP contribution in [-0.4, -0.2) is 66.8 Å². The molecule has 0 radical (unpaired) electrons. The number of halogens is 1. The molecule has 1 amide bonds. The van der Waals surface area contributed by atoms with Crippen molar-refractivity contribution in [2.24, 2.45) is 11.1 Å². The van der Waals surface area contributed by atoms with Crippen molar-refractivity contribution in [1.82, 2.24) is 9.88 Å². The van der Waals surface area contributed by atoms with Gasteiger partial charge in [-0.25, -0.2) is 4.39 Å². The largest absolute Gasteiger partial charge is 0.457 e. The molecule has 6 rings (SSSR count). The molecule has 46 heavy (non-hydrogen) atoms. The molecule has 1 aliphatic carbocycles. The first-order chi connectivity index (χ1) is 22.3. The molecule has 9 nitrogen and oxygen atoms in total. The second kappa shape index (κ2) is 13.8. The van der Waals surface area contributed by atoms with Crippen LogP contribution >= 0.6 is 0 Å². The summed E-state index contributed by atoms with van der Waals surface area (Å²) in [5.41, 5.74) is 7.92. The lowest BCUT2D eigenvalue weighted by atomic mass is 9.88. The fourth-order valence-corrected chi connectivity index (χ4v) is 5.91. The number of primary amides is 1. The number of hydrogen-bond acceptors (Lipinski definition) is 8. The monoisotopic (exact) mass is 624 g/mol. The third-order valence-electron chi connectivity index (χ3n) is 8.79. The first kappa shape index (κ1) is 31.3. The van der Waals surface area contributed by atoms with Gasteiger partial charge < -0.3 is 20.5 Å². The number of rotatable bonds is 14. The van der Waals surface area contributed by atoms with Gasteiger partial charge in [-0.2, -0.15) is 0 Å². The number of nitrogens with two attached hydrogens (primary N) is 1. The van der Waals surface area contributed by atoms with Gasteiger partial charge in [-0.05, 0) is 79.4 Å². The highest BCUT2D eigenvalue weighted by molar-refractivity contribution is 6.11. The van der Waals surface area contributed by atoms with Crippen molar-refractivity contribution < 1.29 is 28.2 Å². The fraction of sp³-hybridized carbons (Fsp3) is 0.333. The fourth-order valence-electron chi connectivity index (χ4n) is 5.91. The highest BCUT2D eigenvalue weighted by atomic mass is 19.1. The van der Waals surface area contributed by atoms with E-state index in [0.717, 1.165) is 44.8 Å². The Morgan fingerprint density at radius 2 is 1.59 bits per heavy atom. The number of nitrogens with zero attached hydrogens (tertiary/aromatic N) is 2. The van der Waals surface area contributed by atoms with Crippen molar-refractivity contribution in [3.05, 3.63) is 95.4 Å². The second-order valence-corrected chi connectivity index (χ2v) is 12.0. The minimum absolute atomic E-state index is 0.0992. The van der Waals surface area contributed by atoms with Crippen LogP contribution in [0, 0.1) is 11.2 Å². The van der Waals surface area contributed by atoms with Crippen molar-refractivity contribution >= 4 is 34.1 Å². The number of pyridine rings is 1. The molecule has 0 bridgehead atoms. The first-order valence-corrected chi connectivity index (χ1v) is 15.7. The van der Waals surface area contributed by atoms with E-state index >= 15 is 0 Å². The third-order valence-corrected chi connectivity index (χ3v) is 8.79. The lowest BCUT2D eigenvalue weighted by Crippen LogP contribution is -2.37. The van der Waals surface area contributed by atoms with Gasteiger partial charge in [-0.15, -0.1) is 0 Å². The number of nitrogens with one attached hydrogen (secondary N) is 1. The van der Waals surface area contributed by atoms with E-state index in [1.165, 1.54) is 12.1 Å². The Bertz CT molecular complexity index is 1730. The van der Waals surface area contributed by atoms with Crippen LogP contribution in [0.2, 0.25) is 0 Å². The second-order valence-electron chi connectivity index (χ2n) is 12.0. The Kier molecular flexibility index (Phi) is 9.37. The van der Waals surface area contributed by atoms with Gasteiger partial charge in [0, 0.05) is 49.7 Å². The Balaban J connectivity index is 1.09. The van der Waals surface area contributed by atoms with E-state index in [0.29, 0.717) is 58.6 Å². The van der Waals surface area contributed by atoms with Gasteiger partial charge in [-0.1, -0.05) is 24.3 Å². The van der Waals surface area contributed by atoms with Gasteiger partial charge in [0.2, 0.25) is 0 Å². The summed E-state index contributed by atoms with van der Waals surface area (Å²) in [7, 11) is 0. The molecule has 0 atom stereocenters. The zero-order valence-electron chi connectivity index (χ0n) is 25.6. The average Bonchev–Trinajstić information content (AvgIpc) is 3.88. The predicted molar refractivity (Wildman–Crippen MR) is 173 cm³/mol. The van der Waals surface area contributed by atoms with Gasteiger partial charge in [0.15, 0.2) is 11.6 Å². The number of fused-ring (bicyclic) bond motifs is 1. The summed E-state index contributed by atoms with van der Waals surface area (Å²) in [5.74, 6) is -0.0677. The van der Waals surface area contributed by atoms with Crippen LogP contribution in [-0.2, 0) is 27.2 Å². The van der Waals surface area contributed by atoms with Gasteiger partial charge in [0.25, 0.3) is 5.91 Å². The molecule has 238 valence electrons. The van der Waals surface area contributed by atoms with Crippen molar-refractivity contribution in [2.45, 2.75) is 32.1 Å². The molecule has 1 saturated carbocycles. The van der Waals surface area contributed by atoms with E-state index in [9.17, 15) is 18.8 Å². The molecular weight excluding hydrogens is 587 g/mol. The molecule has 1 saturated heterocycles. The maximum atomic E-state index is 13.2. The molecule has 0 spiro atoms. The van der Waals surface area contributed by atoms with Crippen molar-refractivity contribution in [3.8, 4) is 11.5 Å². The van der Waals surface area contributed by atoms with E-state index in [-0.39, 0.29) is 30.2 Å². The number of carbonyl (C=O) groups excluding carboxylic acids is 3. The lowest BCUT2D eigenvalue weighted by Gasteiger charge is -2.26. The topological polar surface area (TPSA) is 124 Å².